The molecule has 1 saturated heterocycles. The van der Waals surface area contributed by atoms with Gasteiger partial charge in [0.15, 0.2) is 0 Å². The third-order valence-electron chi connectivity index (χ3n) is 15.3. The predicted molar refractivity (Wildman–Crippen MR) is 226 cm³/mol. The smallest absolute Gasteiger partial charge is 0.322 e. The minimum atomic E-state index is -1.72. The average molecular weight is 806 g/mol. The Morgan fingerprint density at radius 3 is 2.56 bits per heavy atom. The number of esters is 2. The number of H-pyrrole nitrogens is 1. The van der Waals surface area contributed by atoms with Crippen LogP contribution in [0.25, 0.3) is 10.9 Å². The molecule has 2 aromatic carbocycles. The number of rotatable bonds is 8. The molecule has 3 aromatic rings. The fourth-order valence-electron chi connectivity index (χ4n) is 13.3. The van der Waals surface area contributed by atoms with Crippen molar-refractivity contribution in [2.45, 2.75) is 94.4 Å². The van der Waals surface area contributed by atoms with Gasteiger partial charge in [-0.1, -0.05) is 55.8 Å². The van der Waals surface area contributed by atoms with Crippen molar-refractivity contribution in [3.05, 3.63) is 82.6 Å². The van der Waals surface area contributed by atoms with Gasteiger partial charge in [0.2, 0.25) is 5.91 Å². The minimum Gasteiger partial charge on any atom is -0.496 e. The molecule has 2 bridgehead atoms. The molecule has 59 heavy (non-hydrogen) atoms. The molecule has 1 aromatic heterocycles. The first-order valence-corrected chi connectivity index (χ1v) is 21.4. The number of hydrogen-bond donors (Lipinski definition) is 3. The molecular formula is C47H59N5O7. The summed E-state index contributed by atoms with van der Waals surface area (Å²) in [6, 6.07) is 11.8. The lowest BCUT2D eigenvalue weighted by Crippen LogP contribution is -2.81. The topological polar surface area (TPSA) is 137 Å². The zero-order valence-electron chi connectivity index (χ0n) is 35.5. The molecule has 6 aliphatic rings. The Morgan fingerprint density at radius 2 is 1.85 bits per heavy atom. The Hall–Kier alpha value is -4.65. The Kier molecular flexibility index (Phi) is 9.60. The van der Waals surface area contributed by atoms with Crippen LogP contribution in [0.1, 0.15) is 75.8 Å². The van der Waals surface area contributed by atoms with Crippen molar-refractivity contribution in [1.82, 2.24) is 20.1 Å². The zero-order valence-corrected chi connectivity index (χ0v) is 35.5. The lowest BCUT2D eigenvalue weighted by molar-refractivity contribution is -0.217. The van der Waals surface area contributed by atoms with Crippen LogP contribution in [0.3, 0.4) is 0 Å². The summed E-state index contributed by atoms with van der Waals surface area (Å²) >= 11 is 0. The number of anilines is 1. The number of aromatic nitrogens is 1. The van der Waals surface area contributed by atoms with Gasteiger partial charge >= 0.3 is 11.9 Å². The van der Waals surface area contributed by atoms with Crippen LogP contribution in [0.4, 0.5) is 5.69 Å². The summed E-state index contributed by atoms with van der Waals surface area (Å²) < 4.78 is 18.7. The monoisotopic (exact) mass is 805 g/mol. The fourth-order valence-corrected chi connectivity index (χ4v) is 13.3. The predicted octanol–water partition coefficient (Wildman–Crippen LogP) is 4.76. The summed E-state index contributed by atoms with van der Waals surface area (Å²) in [6.45, 7) is 11.1. The number of benzene rings is 2. The highest BCUT2D eigenvalue weighted by atomic mass is 16.6. The molecule has 1 unspecified atom stereocenters. The number of hydrogen-bond acceptors (Lipinski definition) is 10. The van der Waals surface area contributed by atoms with Gasteiger partial charge in [0.05, 0.1) is 26.8 Å². The summed E-state index contributed by atoms with van der Waals surface area (Å²) in [5.74, 6) is -0.534. The lowest BCUT2D eigenvalue weighted by atomic mass is 9.47. The molecule has 12 nitrogen and oxygen atoms in total. The standard InChI is InChI=1S/C47H59N5O7/c1-8-30-21-31-24-46(43(55)58-7,39-33(15-19-51(25-30)26-31)32-13-10-11-14-36(32)49-39)35-22-34-37(23-38(35)57-6)50(5)41-45(34)17-20-52-18-12-16-44(9-2,40(45)52)42(59-29(4)54)47(41,56)27-48-28(3)53/h10-14,16,21-23,31,40-42,49,56H,8-9,15,17-20,24-27H2,1-7H3,(H,48,53)/t31-,40-,41+,42+,44+,45+,46-,47-/m0/s1. The highest BCUT2D eigenvalue weighted by molar-refractivity contribution is 5.94. The van der Waals surface area contributed by atoms with Gasteiger partial charge in [-0.3, -0.25) is 24.2 Å². The molecule has 9 atom stereocenters. The van der Waals surface area contributed by atoms with E-state index in [-0.39, 0.29) is 30.4 Å². The van der Waals surface area contributed by atoms with E-state index in [0.29, 0.717) is 31.6 Å². The summed E-state index contributed by atoms with van der Waals surface area (Å²) in [5.41, 5.74) is 2.34. The van der Waals surface area contributed by atoms with Gasteiger partial charge in [0.25, 0.3) is 0 Å². The first kappa shape index (κ1) is 39.8. The number of para-hydroxylation sites is 1. The molecule has 0 radical (unpaired) electrons. The minimum absolute atomic E-state index is 0.0434. The number of aromatic amines is 1. The fraction of sp³-hybridized carbons (Fsp3) is 0.553. The number of likely N-dealkylation sites (N-methyl/N-ethyl adjacent to an activating group) is 1. The molecule has 1 aliphatic carbocycles. The Balaban J connectivity index is 1.36. The molecule has 12 heteroatoms. The quantitative estimate of drug-likeness (QED) is 0.216. The first-order valence-electron chi connectivity index (χ1n) is 21.4. The van der Waals surface area contributed by atoms with Crippen LogP contribution < -0.4 is 15.0 Å². The first-order chi connectivity index (χ1) is 28.3. The average Bonchev–Trinajstić information content (AvgIpc) is 3.89. The zero-order chi connectivity index (χ0) is 41.6. The molecule has 1 spiro atoms. The van der Waals surface area contributed by atoms with Crippen molar-refractivity contribution in [3.8, 4) is 5.75 Å². The Morgan fingerprint density at radius 1 is 1.05 bits per heavy atom. The number of carbonyl (C=O) groups excluding carboxylic acids is 3. The van der Waals surface area contributed by atoms with E-state index in [1.807, 2.05) is 19.2 Å². The summed E-state index contributed by atoms with van der Waals surface area (Å²) in [4.78, 5) is 52.1. The molecule has 2 fully saturated rings. The summed E-state index contributed by atoms with van der Waals surface area (Å²) in [7, 11) is 5.13. The van der Waals surface area contributed by atoms with Crippen LogP contribution in [0.2, 0.25) is 0 Å². The van der Waals surface area contributed by atoms with E-state index in [2.05, 4.69) is 81.3 Å². The van der Waals surface area contributed by atoms with E-state index in [1.165, 1.54) is 26.5 Å². The van der Waals surface area contributed by atoms with E-state index in [4.69, 9.17) is 14.2 Å². The number of nitrogens with zero attached hydrogens (tertiary/aromatic N) is 3. The Labute approximate surface area is 346 Å². The van der Waals surface area contributed by atoms with Crippen molar-refractivity contribution in [1.29, 1.82) is 0 Å². The van der Waals surface area contributed by atoms with Gasteiger partial charge in [-0.15, -0.1) is 0 Å². The van der Waals surface area contributed by atoms with Crippen molar-refractivity contribution >= 4 is 34.4 Å². The van der Waals surface area contributed by atoms with Gasteiger partial charge in [-0.25, -0.2) is 0 Å². The van der Waals surface area contributed by atoms with Crippen LogP contribution in [0.15, 0.2) is 60.2 Å². The van der Waals surface area contributed by atoms with Crippen LogP contribution in [0.5, 0.6) is 5.75 Å². The number of carbonyl (C=O) groups is 3. The third kappa shape index (κ3) is 5.47. The number of ether oxygens (including phenoxy) is 3. The van der Waals surface area contributed by atoms with E-state index in [9.17, 15) is 14.7 Å². The molecule has 3 N–H and O–H groups in total. The van der Waals surface area contributed by atoms with Crippen molar-refractivity contribution in [2.24, 2.45) is 11.3 Å². The second kappa shape index (κ2) is 14.2. The van der Waals surface area contributed by atoms with Crippen LogP contribution in [0, 0.1) is 11.3 Å². The van der Waals surface area contributed by atoms with E-state index in [0.717, 1.165) is 78.0 Å². The number of nitrogens with one attached hydrogen (secondary N) is 2. The van der Waals surface area contributed by atoms with Crippen LogP contribution in [-0.2, 0) is 41.1 Å². The molecule has 6 heterocycles. The normalized spacial score (nSPS) is 34.3. The number of fused-ring (bicyclic) bond motifs is 6. The maximum absolute atomic E-state index is 15.3. The van der Waals surface area contributed by atoms with Gasteiger partial charge in [0.1, 0.15) is 22.9 Å². The molecule has 314 valence electrons. The molecule has 5 aliphatic heterocycles. The SMILES string of the molecule is CCC1=C[C@@H]2CN(CCc3c([nH]c4ccccc34)[C@@](C(=O)OC)(c3cc4c(cc3OC)N(C)[C@H]3[C@@](O)(CNC(C)=O)[C@H](OC(C)=O)[C@]5(CC)C=CCN6CC[C@]43[C@@H]65)C2)C1. The second-order valence-electron chi connectivity index (χ2n) is 18.1. The largest absolute Gasteiger partial charge is 0.496 e. The highest BCUT2D eigenvalue weighted by Crippen LogP contribution is 2.68. The molecular weight excluding hydrogens is 747 g/mol. The van der Waals surface area contributed by atoms with Crippen LogP contribution >= 0.6 is 0 Å². The van der Waals surface area contributed by atoms with Crippen molar-refractivity contribution < 1.29 is 33.7 Å². The number of amides is 1. The summed E-state index contributed by atoms with van der Waals surface area (Å²) in [6.07, 6.45) is 9.15. The van der Waals surface area contributed by atoms with E-state index < -0.39 is 40.0 Å². The molecule has 1 saturated carbocycles. The van der Waals surface area contributed by atoms with Gasteiger partial charge < -0.3 is 34.5 Å². The molecule has 9 rings (SSSR count). The van der Waals surface area contributed by atoms with Crippen molar-refractivity contribution in [3.63, 3.8) is 0 Å². The van der Waals surface area contributed by atoms with Crippen LogP contribution in [-0.4, -0.2) is 122 Å². The number of methoxy groups -OCH3 is 2. The second-order valence-corrected chi connectivity index (χ2v) is 18.1. The van der Waals surface area contributed by atoms with Gasteiger partial charge in [-0.05, 0) is 67.8 Å². The Bertz CT molecular complexity index is 2280. The van der Waals surface area contributed by atoms with Gasteiger partial charge in [0, 0.05) is 97.9 Å². The highest BCUT2D eigenvalue weighted by Gasteiger charge is 2.78. The van der Waals surface area contributed by atoms with Crippen molar-refractivity contribution in [2.75, 3.05) is 65.4 Å². The summed E-state index contributed by atoms with van der Waals surface area (Å²) in [5, 5.41) is 17.6. The molecule has 1 amide bonds. The third-order valence-corrected chi connectivity index (χ3v) is 15.3. The van der Waals surface area contributed by atoms with E-state index >= 15 is 4.79 Å². The van der Waals surface area contributed by atoms with E-state index in [1.54, 1.807) is 7.11 Å². The lowest BCUT2D eigenvalue weighted by Gasteiger charge is -2.64. The van der Waals surface area contributed by atoms with Gasteiger partial charge in [-0.2, -0.15) is 0 Å². The maximum Gasteiger partial charge on any atom is 0.322 e. The maximum atomic E-state index is 15.3. The number of aliphatic hydroxyl groups is 1.